The van der Waals surface area contributed by atoms with Gasteiger partial charge < -0.3 is 0 Å². The molecule has 11 heavy (non-hydrogen) atoms. The van der Waals surface area contributed by atoms with Gasteiger partial charge in [0.2, 0.25) is 0 Å². The van der Waals surface area contributed by atoms with Crippen molar-refractivity contribution in [1.29, 1.82) is 0 Å². The van der Waals surface area contributed by atoms with Crippen LogP contribution in [-0.2, 0) is 18.3 Å². The summed E-state index contributed by atoms with van der Waals surface area (Å²) in [5.41, 5.74) is 0.678. The predicted octanol–water partition coefficient (Wildman–Crippen LogP) is 0.113. The highest BCUT2D eigenvalue weighted by atomic mass is 16.1. The van der Waals surface area contributed by atoms with Gasteiger partial charge in [0.25, 0.3) is 0 Å². The average Bonchev–Trinajstić information content (AvgIpc) is 2.35. The van der Waals surface area contributed by atoms with Crippen molar-refractivity contribution in [3.05, 3.63) is 24.5 Å². The second-order valence-corrected chi connectivity index (χ2v) is 2.23. The van der Waals surface area contributed by atoms with E-state index >= 15 is 0 Å². The molecule has 0 N–H and O–H groups in total. The zero-order chi connectivity index (χ0) is 8.27. The number of carbonyl (C=O) groups is 1. The van der Waals surface area contributed by atoms with E-state index in [9.17, 15) is 4.79 Å². The Morgan fingerprint density at radius 2 is 2.64 bits per heavy atom. The lowest BCUT2D eigenvalue weighted by molar-refractivity contribution is -0.114. The van der Waals surface area contributed by atoms with Crippen LogP contribution in [0.3, 0.4) is 0 Å². The van der Waals surface area contributed by atoms with Crippen molar-refractivity contribution < 1.29 is 4.79 Å². The minimum atomic E-state index is -0.0366. The van der Waals surface area contributed by atoms with Crippen molar-refractivity contribution >= 4 is 5.78 Å². The fourth-order valence-electron chi connectivity index (χ4n) is 0.727. The van der Waals surface area contributed by atoms with E-state index in [2.05, 4.69) is 16.9 Å². The summed E-state index contributed by atoms with van der Waals surface area (Å²) < 4.78 is 1.56. The van der Waals surface area contributed by atoms with Gasteiger partial charge in [0, 0.05) is 13.2 Å². The molecule has 0 atom stereocenters. The smallest absolute Gasteiger partial charge is 0.161 e. The number of ketones is 1. The average molecular weight is 151 g/mol. The SMILES string of the molecule is C=CC(=O)Cc1cn(C)nn1. The summed E-state index contributed by atoms with van der Waals surface area (Å²) >= 11 is 0. The van der Waals surface area contributed by atoms with E-state index in [4.69, 9.17) is 0 Å². The van der Waals surface area contributed by atoms with Crippen LogP contribution in [0, 0.1) is 0 Å². The first-order valence-corrected chi connectivity index (χ1v) is 3.23. The molecule has 0 saturated carbocycles. The monoisotopic (exact) mass is 151 g/mol. The van der Waals surface area contributed by atoms with Crippen LogP contribution in [0.2, 0.25) is 0 Å². The molecule has 1 aromatic heterocycles. The number of rotatable bonds is 3. The summed E-state index contributed by atoms with van der Waals surface area (Å²) in [6.45, 7) is 3.36. The zero-order valence-electron chi connectivity index (χ0n) is 6.32. The summed E-state index contributed by atoms with van der Waals surface area (Å²) in [4.78, 5) is 10.8. The molecule has 0 amide bonds. The molecule has 0 aliphatic carbocycles. The van der Waals surface area contributed by atoms with E-state index in [0.717, 1.165) is 0 Å². The maximum Gasteiger partial charge on any atom is 0.161 e. The molecule has 0 radical (unpaired) electrons. The lowest BCUT2D eigenvalue weighted by atomic mass is 10.2. The Bertz CT molecular complexity index is 277. The first kappa shape index (κ1) is 7.65. The van der Waals surface area contributed by atoms with Gasteiger partial charge in [-0.1, -0.05) is 11.8 Å². The molecule has 0 unspecified atom stereocenters. The molecule has 1 rings (SSSR count). The van der Waals surface area contributed by atoms with Gasteiger partial charge in [0.05, 0.1) is 12.1 Å². The molecule has 1 aromatic rings. The topological polar surface area (TPSA) is 47.8 Å². The second-order valence-electron chi connectivity index (χ2n) is 2.23. The van der Waals surface area contributed by atoms with Crippen LogP contribution < -0.4 is 0 Å². The molecule has 0 spiro atoms. The number of nitrogens with zero attached hydrogens (tertiary/aromatic N) is 3. The third-order valence-corrected chi connectivity index (χ3v) is 1.23. The minimum absolute atomic E-state index is 0.0366. The van der Waals surface area contributed by atoms with Crippen molar-refractivity contribution in [3.8, 4) is 0 Å². The van der Waals surface area contributed by atoms with Crippen molar-refractivity contribution in [2.75, 3.05) is 0 Å². The fourth-order valence-corrected chi connectivity index (χ4v) is 0.727. The number of carbonyl (C=O) groups excluding carboxylic acids is 1. The van der Waals surface area contributed by atoms with E-state index in [1.54, 1.807) is 17.9 Å². The van der Waals surface area contributed by atoms with E-state index in [1.165, 1.54) is 6.08 Å². The molecular formula is C7H9N3O. The molecule has 0 aliphatic heterocycles. The molecule has 4 nitrogen and oxygen atoms in total. The van der Waals surface area contributed by atoms with E-state index in [-0.39, 0.29) is 12.2 Å². The van der Waals surface area contributed by atoms with Crippen LogP contribution in [0.25, 0.3) is 0 Å². The normalized spacial score (nSPS) is 9.55. The molecule has 0 aliphatic rings. The Morgan fingerprint density at radius 3 is 3.09 bits per heavy atom. The first-order valence-electron chi connectivity index (χ1n) is 3.23. The van der Waals surface area contributed by atoms with Gasteiger partial charge in [-0.25, -0.2) is 0 Å². The van der Waals surface area contributed by atoms with Gasteiger partial charge in [0.1, 0.15) is 0 Å². The van der Waals surface area contributed by atoms with Crippen LogP contribution in [-0.4, -0.2) is 20.8 Å². The Morgan fingerprint density at radius 1 is 1.91 bits per heavy atom. The zero-order valence-corrected chi connectivity index (χ0v) is 6.32. The van der Waals surface area contributed by atoms with Crippen LogP contribution in [0.4, 0.5) is 0 Å². The standard InChI is InChI=1S/C7H9N3O/c1-3-7(11)4-6-5-10(2)9-8-6/h3,5H,1,4H2,2H3. The summed E-state index contributed by atoms with van der Waals surface area (Å²) in [6.07, 6.45) is 3.29. The largest absolute Gasteiger partial charge is 0.294 e. The van der Waals surface area contributed by atoms with Gasteiger partial charge in [-0.2, -0.15) is 0 Å². The third kappa shape index (κ3) is 2.00. The first-order chi connectivity index (χ1) is 5.22. The Kier molecular flexibility index (Phi) is 2.15. The van der Waals surface area contributed by atoms with Crippen molar-refractivity contribution in [2.24, 2.45) is 7.05 Å². The van der Waals surface area contributed by atoms with Gasteiger partial charge in [-0.3, -0.25) is 9.48 Å². The number of hydrogen-bond acceptors (Lipinski definition) is 3. The van der Waals surface area contributed by atoms with Gasteiger partial charge >= 0.3 is 0 Å². The molecule has 0 aromatic carbocycles. The van der Waals surface area contributed by atoms with Gasteiger partial charge in [-0.05, 0) is 6.08 Å². The third-order valence-electron chi connectivity index (χ3n) is 1.23. The van der Waals surface area contributed by atoms with Crippen LogP contribution in [0.15, 0.2) is 18.9 Å². The maximum atomic E-state index is 10.8. The molecule has 4 heteroatoms. The van der Waals surface area contributed by atoms with Gasteiger partial charge in [0.15, 0.2) is 5.78 Å². The van der Waals surface area contributed by atoms with Crippen LogP contribution in [0.5, 0.6) is 0 Å². The summed E-state index contributed by atoms with van der Waals surface area (Å²) in [6, 6.07) is 0. The van der Waals surface area contributed by atoms with Gasteiger partial charge in [-0.15, -0.1) is 5.10 Å². The predicted molar refractivity (Wildman–Crippen MR) is 39.9 cm³/mol. The Balaban J connectivity index is 2.64. The fraction of sp³-hybridized carbons (Fsp3) is 0.286. The molecule has 58 valence electrons. The van der Waals surface area contributed by atoms with Crippen LogP contribution >= 0.6 is 0 Å². The lowest BCUT2D eigenvalue weighted by Gasteiger charge is -1.86. The summed E-state index contributed by atoms with van der Waals surface area (Å²) in [5.74, 6) is -0.0366. The Hall–Kier alpha value is -1.45. The quantitative estimate of drug-likeness (QED) is 0.576. The highest BCUT2D eigenvalue weighted by Gasteiger charge is 2.01. The summed E-state index contributed by atoms with van der Waals surface area (Å²) in [7, 11) is 1.76. The minimum Gasteiger partial charge on any atom is -0.294 e. The number of aromatic nitrogens is 3. The molecular weight excluding hydrogens is 142 g/mol. The number of hydrogen-bond donors (Lipinski definition) is 0. The number of aryl methyl sites for hydroxylation is 1. The lowest BCUT2D eigenvalue weighted by Crippen LogP contribution is -1.97. The van der Waals surface area contributed by atoms with Crippen molar-refractivity contribution in [2.45, 2.75) is 6.42 Å². The second kappa shape index (κ2) is 3.09. The van der Waals surface area contributed by atoms with Crippen molar-refractivity contribution in [3.63, 3.8) is 0 Å². The van der Waals surface area contributed by atoms with E-state index in [1.807, 2.05) is 0 Å². The number of allylic oxidation sites excluding steroid dienone is 1. The van der Waals surface area contributed by atoms with Crippen molar-refractivity contribution in [1.82, 2.24) is 15.0 Å². The molecule has 0 saturated heterocycles. The molecule has 0 bridgehead atoms. The maximum absolute atomic E-state index is 10.8. The summed E-state index contributed by atoms with van der Waals surface area (Å²) in [5, 5.41) is 7.43. The van der Waals surface area contributed by atoms with Crippen LogP contribution in [0.1, 0.15) is 5.69 Å². The molecule has 0 fully saturated rings. The highest BCUT2D eigenvalue weighted by Crippen LogP contribution is 1.93. The Labute approximate surface area is 64.5 Å². The van der Waals surface area contributed by atoms with E-state index in [0.29, 0.717) is 5.69 Å². The van der Waals surface area contributed by atoms with E-state index < -0.39 is 0 Å². The molecule has 1 heterocycles. The highest BCUT2D eigenvalue weighted by molar-refractivity contribution is 5.90.